The van der Waals surface area contributed by atoms with Crippen LogP contribution < -0.4 is 0 Å². The molecule has 0 spiro atoms. The van der Waals surface area contributed by atoms with Gasteiger partial charge in [-0.25, -0.2) is 0 Å². The predicted molar refractivity (Wildman–Crippen MR) is 84.3 cm³/mol. The van der Waals surface area contributed by atoms with E-state index in [1.165, 1.54) is 58.0 Å². The predicted octanol–water partition coefficient (Wildman–Crippen LogP) is 4.04. The Balaban J connectivity index is 2.69. The molecule has 0 aromatic heterocycles. The second-order valence-electron chi connectivity index (χ2n) is 5.22. The van der Waals surface area contributed by atoms with Gasteiger partial charge in [0.05, 0.1) is 0 Å². The Bertz CT molecular complexity index is 268. The van der Waals surface area contributed by atoms with Gasteiger partial charge in [-0.05, 0) is 0 Å². The maximum absolute atomic E-state index is 2.58. The summed E-state index contributed by atoms with van der Waals surface area (Å²) in [6, 6.07) is 0. The molecule has 0 N–H and O–H groups in total. The first-order chi connectivity index (χ1) is 9.28. The van der Waals surface area contributed by atoms with Gasteiger partial charge in [0.25, 0.3) is 0 Å². The van der Waals surface area contributed by atoms with Crippen LogP contribution in [0.25, 0.3) is 0 Å². The van der Waals surface area contributed by atoms with Gasteiger partial charge in [-0.2, -0.15) is 0 Å². The molecule has 1 aliphatic rings. The van der Waals surface area contributed by atoms with Crippen molar-refractivity contribution in [3.63, 3.8) is 0 Å². The van der Waals surface area contributed by atoms with Gasteiger partial charge in [0.1, 0.15) is 0 Å². The molecular weight excluding hydrogens is 341 g/mol. The number of allylic oxidation sites excluding steroid dienone is 1. The molecule has 0 unspecified atom stereocenters. The quantitative estimate of drug-likeness (QED) is 0.536. The van der Waals surface area contributed by atoms with Gasteiger partial charge in [0.15, 0.2) is 0 Å². The molecule has 0 aromatic carbocycles. The van der Waals surface area contributed by atoms with Crippen LogP contribution in [0.4, 0.5) is 0 Å². The molecule has 1 aliphatic heterocycles. The van der Waals surface area contributed by atoms with Crippen LogP contribution in [0.5, 0.6) is 0 Å². The summed E-state index contributed by atoms with van der Waals surface area (Å²) in [4.78, 5) is 2.42. The first kappa shape index (κ1) is 17.2. The Morgan fingerprint density at radius 3 is 2.16 bits per heavy atom. The van der Waals surface area contributed by atoms with Crippen molar-refractivity contribution in [3.05, 3.63) is 11.9 Å². The van der Waals surface area contributed by atoms with Crippen LogP contribution in [0.15, 0.2) is 11.9 Å². The summed E-state index contributed by atoms with van der Waals surface area (Å²) < 4.78 is 2.57. The van der Waals surface area contributed by atoms with E-state index in [9.17, 15) is 0 Å². The Morgan fingerprint density at radius 1 is 0.947 bits per heavy atom. The van der Waals surface area contributed by atoms with Crippen LogP contribution in [0, 0.1) is 0 Å². The Hall–Kier alpha value is 0.0987. The summed E-state index contributed by atoms with van der Waals surface area (Å²) in [5.74, 6) is 0. The number of unbranched alkanes of at least 4 members (excludes halogenated alkanes) is 3. The van der Waals surface area contributed by atoms with Crippen molar-refractivity contribution in [2.45, 2.75) is 70.7 Å². The monoisotopic (exact) mass is 373 g/mol. The van der Waals surface area contributed by atoms with Gasteiger partial charge >= 0.3 is 130 Å². The van der Waals surface area contributed by atoms with Crippen LogP contribution in [0.2, 0.25) is 4.94 Å². The van der Waals surface area contributed by atoms with E-state index in [4.69, 9.17) is 0 Å². The first-order valence-corrected chi connectivity index (χ1v) is 12.1. The van der Waals surface area contributed by atoms with Crippen LogP contribution in [-0.2, 0) is 0 Å². The van der Waals surface area contributed by atoms with Gasteiger partial charge in [-0.1, -0.05) is 0 Å². The van der Waals surface area contributed by atoms with E-state index in [0.29, 0.717) is 0 Å². The molecule has 1 rings (SSSR count). The fourth-order valence-corrected chi connectivity index (χ4v) is 4.41. The van der Waals surface area contributed by atoms with Gasteiger partial charge in [0, 0.05) is 0 Å². The van der Waals surface area contributed by atoms with Crippen LogP contribution in [-0.4, -0.2) is 47.9 Å². The second kappa shape index (κ2) is 9.92. The molecule has 3 nitrogen and oxygen atoms in total. The standard InChI is InChI=1S/C14H28N3.CH3.Sn/c1-4-7-10-14-13-15-17(12-9-6-3)16(14)11-8-5-2;;/h13H,4-12H2,1-3H3;1H3;/q-1;;+1. The molecule has 0 fully saturated rings. The van der Waals surface area contributed by atoms with Crippen molar-refractivity contribution < 1.29 is 0 Å². The van der Waals surface area contributed by atoms with Crippen molar-refractivity contribution in [3.8, 4) is 0 Å². The molecule has 0 saturated carbocycles. The van der Waals surface area contributed by atoms with Crippen LogP contribution in [0.1, 0.15) is 65.7 Å². The van der Waals surface area contributed by atoms with E-state index in [-0.39, 0.29) is 0 Å². The minimum absolute atomic E-state index is 0.428. The SMILES string of the molecule is CCCCC1=C[N]([Sn][CH3])N(CCCC)N1CCCC. The molecule has 0 aromatic rings. The third kappa shape index (κ3) is 5.18. The van der Waals surface area contributed by atoms with Gasteiger partial charge in [0.2, 0.25) is 0 Å². The summed E-state index contributed by atoms with van der Waals surface area (Å²) >= 11 is -0.428. The fourth-order valence-electron chi connectivity index (χ4n) is 2.37. The van der Waals surface area contributed by atoms with E-state index in [0.717, 1.165) is 0 Å². The Kier molecular flexibility index (Phi) is 8.95. The van der Waals surface area contributed by atoms with Crippen molar-refractivity contribution in [1.29, 1.82) is 0 Å². The summed E-state index contributed by atoms with van der Waals surface area (Å²) in [6.07, 6.45) is 11.5. The average molecular weight is 372 g/mol. The molecule has 0 amide bonds. The second-order valence-corrected chi connectivity index (χ2v) is 7.80. The van der Waals surface area contributed by atoms with E-state index in [1.54, 1.807) is 5.70 Å². The minimum atomic E-state index is -0.428. The summed E-state index contributed by atoms with van der Waals surface area (Å²) in [5.41, 5.74) is 1.56. The van der Waals surface area contributed by atoms with Crippen molar-refractivity contribution in [1.82, 2.24) is 13.4 Å². The molecule has 4 heteroatoms. The van der Waals surface area contributed by atoms with Crippen LogP contribution >= 0.6 is 0 Å². The van der Waals surface area contributed by atoms with Gasteiger partial charge in [-0.3, -0.25) is 0 Å². The first-order valence-electron chi connectivity index (χ1n) is 8.00. The summed E-state index contributed by atoms with van der Waals surface area (Å²) in [7, 11) is 0. The number of hydrogen-bond acceptors (Lipinski definition) is 3. The Morgan fingerprint density at radius 2 is 1.58 bits per heavy atom. The zero-order valence-electron chi connectivity index (χ0n) is 13.3. The number of rotatable bonds is 10. The van der Waals surface area contributed by atoms with Gasteiger partial charge in [-0.15, -0.1) is 0 Å². The third-order valence-electron chi connectivity index (χ3n) is 3.58. The average Bonchev–Trinajstić information content (AvgIpc) is 2.77. The van der Waals surface area contributed by atoms with Gasteiger partial charge < -0.3 is 0 Å². The van der Waals surface area contributed by atoms with Crippen molar-refractivity contribution >= 4 is 21.4 Å². The summed E-state index contributed by atoms with van der Waals surface area (Å²) in [5, 5.41) is 5.13. The van der Waals surface area contributed by atoms with E-state index >= 15 is 0 Å². The molecule has 0 aliphatic carbocycles. The van der Waals surface area contributed by atoms with E-state index in [1.807, 2.05) is 0 Å². The third-order valence-corrected chi connectivity index (χ3v) is 5.92. The topological polar surface area (TPSA) is 9.72 Å². The fraction of sp³-hybridized carbons (Fsp3) is 0.867. The maximum atomic E-state index is 2.58. The van der Waals surface area contributed by atoms with Crippen molar-refractivity contribution in [2.24, 2.45) is 0 Å². The summed E-state index contributed by atoms with van der Waals surface area (Å²) in [6.45, 7) is 9.26. The molecule has 19 heavy (non-hydrogen) atoms. The molecule has 1 heterocycles. The number of hydrazine groups is 2. The molecule has 110 valence electrons. The van der Waals surface area contributed by atoms with E-state index in [2.05, 4.69) is 45.3 Å². The number of hydrogen-bond donors (Lipinski definition) is 0. The molecule has 2 radical (unpaired) electrons. The van der Waals surface area contributed by atoms with E-state index < -0.39 is 21.4 Å². The van der Waals surface area contributed by atoms with Crippen molar-refractivity contribution in [2.75, 3.05) is 13.1 Å². The molecular formula is C15H31N3Sn. The zero-order valence-corrected chi connectivity index (χ0v) is 16.1. The molecule has 0 saturated heterocycles. The molecule has 0 bridgehead atoms. The zero-order chi connectivity index (χ0) is 14.1. The normalized spacial score (nSPS) is 16.3. The number of nitrogens with zero attached hydrogens (tertiary/aromatic N) is 3. The van der Waals surface area contributed by atoms with Crippen LogP contribution in [0.3, 0.4) is 0 Å². The Labute approximate surface area is 130 Å². The molecule has 0 atom stereocenters.